The number of piperazine rings is 1. The Morgan fingerprint density at radius 2 is 2.00 bits per heavy atom. The van der Waals surface area contributed by atoms with Gasteiger partial charge in [0.05, 0.1) is 0 Å². The van der Waals surface area contributed by atoms with Crippen molar-refractivity contribution in [2.75, 3.05) is 26.7 Å². The minimum Gasteiger partial charge on any atom is -0.337 e. The Bertz CT molecular complexity index is 295. The molecule has 3 unspecified atom stereocenters. The van der Waals surface area contributed by atoms with Crippen LogP contribution in [0.15, 0.2) is 0 Å². The molecule has 2 N–H and O–H groups in total. The molecule has 104 valence electrons. The average molecular weight is 253 g/mol. The average Bonchev–Trinajstić information content (AvgIpc) is 2.32. The van der Waals surface area contributed by atoms with E-state index in [1.54, 1.807) is 0 Å². The van der Waals surface area contributed by atoms with Crippen molar-refractivity contribution in [2.24, 2.45) is 11.7 Å². The van der Waals surface area contributed by atoms with E-state index in [9.17, 15) is 4.79 Å². The van der Waals surface area contributed by atoms with Gasteiger partial charge in [0.15, 0.2) is 0 Å². The van der Waals surface area contributed by atoms with E-state index in [0.717, 1.165) is 32.5 Å². The Balaban J connectivity index is 1.87. The van der Waals surface area contributed by atoms with E-state index in [1.807, 2.05) is 0 Å². The number of carbonyl (C=O) groups is 1. The quantitative estimate of drug-likeness (QED) is 0.800. The van der Waals surface area contributed by atoms with Crippen LogP contribution >= 0.6 is 0 Å². The smallest absolute Gasteiger partial charge is 0.223 e. The summed E-state index contributed by atoms with van der Waals surface area (Å²) in [4.78, 5) is 16.7. The molecule has 18 heavy (non-hydrogen) atoms. The topological polar surface area (TPSA) is 49.6 Å². The molecule has 0 aromatic carbocycles. The molecular weight excluding hydrogens is 226 g/mol. The number of hydrogen-bond donors (Lipinski definition) is 1. The third kappa shape index (κ3) is 3.23. The highest BCUT2D eigenvalue weighted by Crippen LogP contribution is 2.26. The van der Waals surface area contributed by atoms with Crippen LogP contribution in [-0.4, -0.2) is 54.5 Å². The largest absolute Gasteiger partial charge is 0.337 e. The van der Waals surface area contributed by atoms with Crippen molar-refractivity contribution in [1.82, 2.24) is 9.80 Å². The molecule has 4 nitrogen and oxygen atoms in total. The van der Waals surface area contributed by atoms with Crippen LogP contribution in [-0.2, 0) is 4.79 Å². The lowest BCUT2D eigenvalue weighted by Crippen LogP contribution is -2.53. The Kier molecular flexibility index (Phi) is 4.62. The highest BCUT2D eigenvalue weighted by atomic mass is 16.2. The summed E-state index contributed by atoms with van der Waals surface area (Å²) in [6, 6.07) is 0.585. The van der Waals surface area contributed by atoms with Gasteiger partial charge in [-0.1, -0.05) is 12.8 Å². The molecule has 1 aliphatic heterocycles. The lowest BCUT2D eigenvalue weighted by molar-refractivity contribution is -0.136. The van der Waals surface area contributed by atoms with Gasteiger partial charge in [0.2, 0.25) is 5.91 Å². The molecule has 1 aliphatic carbocycles. The molecule has 1 saturated carbocycles. The first-order chi connectivity index (χ1) is 8.58. The zero-order chi connectivity index (χ0) is 13.1. The van der Waals surface area contributed by atoms with Crippen LogP contribution < -0.4 is 5.73 Å². The van der Waals surface area contributed by atoms with E-state index in [2.05, 4.69) is 23.8 Å². The molecule has 0 bridgehead atoms. The fraction of sp³-hybridized carbons (Fsp3) is 0.929. The van der Waals surface area contributed by atoms with Crippen LogP contribution in [0.5, 0.6) is 0 Å². The molecule has 2 rings (SSSR count). The summed E-state index contributed by atoms with van der Waals surface area (Å²) in [5, 5.41) is 0. The zero-order valence-corrected chi connectivity index (χ0v) is 11.8. The SMILES string of the molecule is CC1CN(C)CCN1C(=O)CC1CCCCC1N. The van der Waals surface area contributed by atoms with Crippen LogP contribution in [0, 0.1) is 5.92 Å². The van der Waals surface area contributed by atoms with E-state index in [4.69, 9.17) is 5.73 Å². The van der Waals surface area contributed by atoms with Gasteiger partial charge in [-0.25, -0.2) is 0 Å². The van der Waals surface area contributed by atoms with Gasteiger partial charge in [-0.3, -0.25) is 4.79 Å². The first-order valence-corrected chi connectivity index (χ1v) is 7.31. The van der Waals surface area contributed by atoms with Crippen LogP contribution in [0.3, 0.4) is 0 Å². The van der Waals surface area contributed by atoms with Gasteiger partial charge in [-0.15, -0.1) is 0 Å². The van der Waals surface area contributed by atoms with Crippen LogP contribution in [0.2, 0.25) is 0 Å². The van der Waals surface area contributed by atoms with Crippen molar-refractivity contribution >= 4 is 5.91 Å². The fourth-order valence-electron chi connectivity index (χ4n) is 3.34. The summed E-state index contributed by atoms with van der Waals surface area (Å²) in [6.07, 6.45) is 5.36. The summed E-state index contributed by atoms with van der Waals surface area (Å²) >= 11 is 0. The molecule has 0 aromatic rings. The van der Waals surface area contributed by atoms with E-state index < -0.39 is 0 Å². The van der Waals surface area contributed by atoms with Crippen molar-refractivity contribution < 1.29 is 4.79 Å². The number of likely N-dealkylation sites (N-methyl/N-ethyl adjacent to an activating group) is 1. The van der Waals surface area contributed by atoms with Gasteiger partial charge in [0.1, 0.15) is 0 Å². The molecule has 0 radical (unpaired) electrons. The van der Waals surface area contributed by atoms with Crippen molar-refractivity contribution in [3.05, 3.63) is 0 Å². The number of rotatable bonds is 2. The van der Waals surface area contributed by atoms with Gasteiger partial charge in [-0.05, 0) is 32.7 Å². The molecule has 0 aromatic heterocycles. The number of amides is 1. The summed E-state index contributed by atoms with van der Waals surface area (Å²) < 4.78 is 0. The Morgan fingerprint density at radius 1 is 1.28 bits per heavy atom. The number of carbonyl (C=O) groups excluding carboxylic acids is 1. The monoisotopic (exact) mass is 253 g/mol. The third-order valence-corrected chi connectivity index (χ3v) is 4.56. The van der Waals surface area contributed by atoms with E-state index in [0.29, 0.717) is 24.3 Å². The van der Waals surface area contributed by atoms with Crippen molar-refractivity contribution in [3.63, 3.8) is 0 Å². The standard InChI is InChI=1S/C14H27N3O/c1-11-10-16(2)7-8-17(11)14(18)9-12-5-3-4-6-13(12)15/h11-13H,3-10,15H2,1-2H3. The molecule has 1 heterocycles. The minimum atomic E-state index is 0.241. The second-order valence-corrected chi connectivity index (χ2v) is 6.11. The fourth-order valence-corrected chi connectivity index (χ4v) is 3.34. The van der Waals surface area contributed by atoms with Crippen molar-refractivity contribution in [1.29, 1.82) is 0 Å². The van der Waals surface area contributed by atoms with Gasteiger partial charge in [0.25, 0.3) is 0 Å². The third-order valence-electron chi connectivity index (χ3n) is 4.56. The van der Waals surface area contributed by atoms with Crippen LogP contribution in [0.4, 0.5) is 0 Å². The van der Waals surface area contributed by atoms with Crippen molar-refractivity contribution in [3.8, 4) is 0 Å². The summed E-state index contributed by atoms with van der Waals surface area (Å²) in [5.74, 6) is 0.732. The minimum absolute atomic E-state index is 0.241. The first kappa shape index (κ1) is 13.8. The van der Waals surface area contributed by atoms with Crippen molar-refractivity contribution in [2.45, 2.75) is 51.1 Å². The van der Waals surface area contributed by atoms with Gasteiger partial charge < -0.3 is 15.5 Å². The number of nitrogens with two attached hydrogens (primary N) is 1. The van der Waals surface area contributed by atoms with Crippen LogP contribution in [0.1, 0.15) is 39.0 Å². The molecular formula is C14H27N3O. The molecule has 2 aliphatic rings. The molecule has 2 fully saturated rings. The highest BCUT2D eigenvalue weighted by molar-refractivity contribution is 5.77. The molecule has 1 saturated heterocycles. The zero-order valence-electron chi connectivity index (χ0n) is 11.8. The van der Waals surface area contributed by atoms with Crippen LogP contribution in [0.25, 0.3) is 0 Å². The predicted octanol–water partition coefficient (Wildman–Crippen LogP) is 1.06. The van der Waals surface area contributed by atoms with E-state index in [-0.39, 0.29) is 6.04 Å². The molecule has 1 amide bonds. The predicted molar refractivity (Wildman–Crippen MR) is 73.2 cm³/mol. The lowest BCUT2D eigenvalue weighted by atomic mass is 9.82. The molecule has 4 heteroatoms. The Labute approximate surface area is 110 Å². The second-order valence-electron chi connectivity index (χ2n) is 6.11. The molecule has 3 atom stereocenters. The summed E-state index contributed by atoms with van der Waals surface area (Å²) in [6.45, 7) is 5.00. The first-order valence-electron chi connectivity index (χ1n) is 7.31. The lowest BCUT2D eigenvalue weighted by Gasteiger charge is -2.39. The van der Waals surface area contributed by atoms with Gasteiger partial charge in [0, 0.05) is 38.1 Å². The Morgan fingerprint density at radius 3 is 2.67 bits per heavy atom. The van der Waals surface area contributed by atoms with Gasteiger partial charge >= 0.3 is 0 Å². The normalized spacial score (nSPS) is 34.6. The number of hydrogen-bond acceptors (Lipinski definition) is 3. The number of nitrogens with zero attached hydrogens (tertiary/aromatic N) is 2. The molecule has 0 spiro atoms. The van der Waals surface area contributed by atoms with E-state index >= 15 is 0 Å². The second kappa shape index (κ2) is 6.02. The summed E-state index contributed by atoms with van der Waals surface area (Å²) in [5.41, 5.74) is 6.13. The summed E-state index contributed by atoms with van der Waals surface area (Å²) in [7, 11) is 2.12. The van der Waals surface area contributed by atoms with Gasteiger partial charge in [-0.2, -0.15) is 0 Å². The highest BCUT2D eigenvalue weighted by Gasteiger charge is 2.30. The maximum absolute atomic E-state index is 12.4. The maximum Gasteiger partial charge on any atom is 0.223 e. The Hall–Kier alpha value is -0.610. The maximum atomic E-state index is 12.4. The van der Waals surface area contributed by atoms with E-state index in [1.165, 1.54) is 12.8 Å².